The summed E-state index contributed by atoms with van der Waals surface area (Å²) in [5.41, 5.74) is 6.49. The van der Waals surface area contributed by atoms with Crippen LogP contribution in [0.1, 0.15) is 0 Å². The van der Waals surface area contributed by atoms with E-state index in [1.165, 1.54) is 12.1 Å². The fraction of sp³-hybridized carbons (Fsp3) is 0.0714. The number of hydrogen-bond donors (Lipinski definition) is 2. The summed E-state index contributed by atoms with van der Waals surface area (Å²) >= 11 is 0. The Balaban J connectivity index is 1.96. The number of nitrogens with one attached hydrogen (secondary N) is 1. The van der Waals surface area contributed by atoms with E-state index < -0.39 is 24.1 Å². The standard InChI is InChI=1S/C14H12F2N2O2/c15-9-4-3-7-12(14(9)16)20-8-13(19)18-11-6-2-1-5-10(11)17/h1-7H,8,17H2,(H,18,19). The summed E-state index contributed by atoms with van der Waals surface area (Å²) in [5.74, 6) is -3.00. The zero-order chi connectivity index (χ0) is 14.5. The third-order valence-electron chi connectivity index (χ3n) is 2.51. The van der Waals surface area contributed by atoms with E-state index in [9.17, 15) is 13.6 Å². The first kappa shape index (κ1) is 13.8. The number of carbonyl (C=O) groups is 1. The van der Waals surface area contributed by atoms with Gasteiger partial charge in [0.25, 0.3) is 5.91 Å². The first-order valence-electron chi connectivity index (χ1n) is 5.79. The number of halogens is 2. The van der Waals surface area contributed by atoms with Gasteiger partial charge in [-0.15, -0.1) is 0 Å². The van der Waals surface area contributed by atoms with Crippen LogP contribution in [0.15, 0.2) is 42.5 Å². The van der Waals surface area contributed by atoms with Gasteiger partial charge >= 0.3 is 0 Å². The molecule has 2 aromatic carbocycles. The van der Waals surface area contributed by atoms with Gasteiger partial charge in [-0.2, -0.15) is 4.39 Å². The predicted octanol–water partition coefficient (Wildman–Crippen LogP) is 2.56. The number of nitrogens with two attached hydrogens (primary N) is 1. The Kier molecular flexibility index (Phi) is 4.14. The minimum Gasteiger partial charge on any atom is -0.481 e. The van der Waals surface area contributed by atoms with Gasteiger partial charge in [0.15, 0.2) is 18.2 Å². The molecule has 0 aliphatic heterocycles. The van der Waals surface area contributed by atoms with Crippen molar-refractivity contribution in [2.45, 2.75) is 0 Å². The number of rotatable bonds is 4. The molecule has 0 aliphatic rings. The number of amides is 1. The van der Waals surface area contributed by atoms with Crippen LogP contribution in [0.3, 0.4) is 0 Å². The van der Waals surface area contributed by atoms with Gasteiger partial charge in [-0.05, 0) is 24.3 Å². The Bertz CT molecular complexity index is 632. The second-order valence-corrected chi connectivity index (χ2v) is 3.98. The van der Waals surface area contributed by atoms with Crippen LogP contribution >= 0.6 is 0 Å². The zero-order valence-electron chi connectivity index (χ0n) is 10.4. The van der Waals surface area contributed by atoms with Gasteiger partial charge < -0.3 is 15.8 Å². The largest absolute Gasteiger partial charge is 0.481 e. The topological polar surface area (TPSA) is 64.3 Å². The van der Waals surface area contributed by atoms with E-state index in [0.29, 0.717) is 11.4 Å². The first-order valence-corrected chi connectivity index (χ1v) is 5.79. The Morgan fingerprint density at radius 3 is 2.65 bits per heavy atom. The highest BCUT2D eigenvalue weighted by Crippen LogP contribution is 2.19. The van der Waals surface area contributed by atoms with Gasteiger partial charge in [-0.25, -0.2) is 4.39 Å². The molecule has 0 spiro atoms. The van der Waals surface area contributed by atoms with E-state index in [1.807, 2.05) is 0 Å². The third-order valence-corrected chi connectivity index (χ3v) is 2.51. The van der Waals surface area contributed by atoms with Crippen LogP contribution in [0.2, 0.25) is 0 Å². The maximum absolute atomic E-state index is 13.3. The van der Waals surface area contributed by atoms with Crippen molar-refractivity contribution in [2.75, 3.05) is 17.7 Å². The number of benzene rings is 2. The average Bonchev–Trinajstić information content (AvgIpc) is 2.43. The van der Waals surface area contributed by atoms with Gasteiger partial charge in [0, 0.05) is 0 Å². The van der Waals surface area contributed by atoms with E-state index in [1.54, 1.807) is 24.3 Å². The molecule has 0 saturated heterocycles. The SMILES string of the molecule is Nc1ccccc1NC(=O)COc1cccc(F)c1F. The van der Waals surface area contributed by atoms with Gasteiger partial charge in [0.2, 0.25) is 5.82 Å². The predicted molar refractivity (Wildman–Crippen MR) is 71.3 cm³/mol. The number of hydrogen-bond acceptors (Lipinski definition) is 3. The lowest BCUT2D eigenvalue weighted by atomic mass is 10.2. The molecule has 4 nitrogen and oxygen atoms in total. The highest BCUT2D eigenvalue weighted by molar-refractivity contribution is 5.94. The lowest BCUT2D eigenvalue weighted by Gasteiger charge is -2.09. The smallest absolute Gasteiger partial charge is 0.262 e. The summed E-state index contributed by atoms with van der Waals surface area (Å²) in [6.45, 7) is -0.450. The molecule has 0 heterocycles. The van der Waals surface area contributed by atoms with Crippen LogP contribution in [0.4, 0.5) is 20.2 Å². The molecule has 3 N–H and O–H groups in total. The van der Waals surface area contributed by atoms with Crippen LogP contribution in [0.25, 0.3) is 0 Å². The second-order valence-electron chi connectivity index (χ2n) is 3.98. The Hall–Kier alpha value is -2.63. The molecular weight excluding hydrogens is 266 g/mol. The minimum absolute atomic E-state index is 0.318. The number of para-hydroxylation sites is 2. The fourth-order valence-electron chi connectivity index (χ4n) is 1.54. The van der Waals surface area contributed by atoms with E-state index in [-0.39, 0.29) is 5.75 Å². The summed E-state index contributed by atoms with van der Waals surface area (Å²) in [6, 6.07) is 10.2. The van der Waals surface area contributed by atoms with Gasteiger partial charge in [-0.1, -0.05) is 18.2 Å². The van der Waals surface area contributed by atoms with Crippen molar-refractivity contribution in [3.63, 3.8) is 0 Å². The number of anilines is 2. The molecule has 0 fully saturated rings. The van der Waals surface area contributed by atoms with E-state index in [4.69, 9.17) is 10.5 Å². The van der Waals surface area contributed by atoms with Crippen LogP contribution < -0.4 is 15.8 Å². The molecule has 0 aliphatic carbocycles. The summed E-state index contributed by atoms with van der Waals surface area (Å²) < 4.78 is 31.1. The van der Waals surface area contributed by atoms with Crippen molar-refractivity contribution in [1.29, 1.82) is 0 Å². The highest BCUT2D eigenvalue weighted by Gasteiger charge is 2.11. The molecule has 20 heavy (non-hydrogen) atoms. The lowest BCUT2D eigenvalue weighted by Crippen LogP contribution is -2.21. The third kappa shape index (κ3) is 3.23. The quantitative estimate of drug-likeness (QED) is 0.845. The van der Waals surface area contributed by atoms with Gasteiger partial charge in [-0.3, -0.25) is 4.79 Å². The van der Waals surface area contributed by atoms with Crippen molar-refractivity contribution in [1.82, 2.24) is 0 Å². The maximum atomic E-state index is 13.3. The summed E-state index contributed by atoms with van der Waals surface area (Å²) in [6.07, 6.45) is 0. The molecule has 2 aromatic rings. The normalized spacial score (nSPS) is 10.1. The Morgan fingerprint density at radius 1 is 1.15 bits per heavy atom. The van der Waals surface area contributed by atoms with Crippen molar-refractivity contribution in [3.8, 4) is 5.75 Å². The molecule has 0 saturated carbocycles. The van der Waals surface area contributed by atoms with Crippen molar-refractivity contribution >= 4 is 17.3 Å². The van der Waals surface area contributed by atoms with E-state index in [2.05, 4.69) is 5.32 Å². The van der Waals surface area contributed by atoms with Gasteiger partial charge in [0.1, 0.15) is 0 Å². The summed E-state index contributed by atoms with van der Waals surface area (Å²) in [5, 5.41) is 2.51. The van der Waals surface area contributed by atoms with Gasteiger partial charge in [0.05, 0.1) is 11.4 Å². The van der Waals surface area contributed by atoms with Crippen molar-refractivity contribution in [3.05, 3.63) is 54.1 Å². The second kappa shape index (κ2) is 6.01. The van der Waals surface area contributed by atoms with Crippen molar-refractivity contribution < 1.29 is 18.3 Å². The summed E-state index contributed by atoms with van der Waals surface area (Å²) in [4.78, 5) is 11.6. The highest BCUT2D eigenvalue weighted by atomic mass is 19.2. The molecule has 0 bridgehead atoms. The zero-order valence-corrected chi connectivity index (χ0v) is 10.4. The number of ether oxygens (including phenoxy) is 1. The first-order chi connectivity index (χ1) is 9.58. The Morgan fingerprint density at radius 2 is 1.90 bits per heavy atom. The number of carbonyl (C=O) groups excluding carboxylic acids is 1. The maximum Gasteiger partial charge on any atom is 0.262 e. The summed E-state index contributed by atoms with van der Waals surface area (Å²) in [7, 11) is 0. The van der Waals surface area contributed by atoms with E-state index in [0.717, 1.165) is 6.07 Å². The molecule has 1 amide bonds. The van der Waals surface area contributed by atoms with Crippen molar-refractivity contribution in [2.24, 2.45) is 0 Å². The number of nitrogen functional groups attached to an aromatic ring is 1. The molecule has 104 valence electrons. The minimum atomic E-state index is -1.13. The lowest BCUT2D eigenvalue weighted by molar-refractivity contribution is -0.118. The fourth-order valence-corrected chi connectivity index (χ4v) is 1.54. The molecule has 0 atom stereocenters. The average molecular weight is 278 g/mol. The molecule has 6 heteroatoms. The van der Waals surface area contributed by atoms with Crippen LogP contribution in [0, 0.1) is 11.6 Å². The van der Waals surface area contributed by atoms with Crippen LogP contribution in [-0.2, 0) is 4.79 Å². The Labute approximate surface area is 114 Å². The van der Waals surface area contributed by atoms with Crippen LogP contribution in [-0.4, -0.2) is 12.5 Å². The molecule has 0 unspecified atom stereocenters. The molecular formula is C14H12F2N2O2. The van der Waals surface area contributed by atoms with E-state index >= 15 is 0 Å². The molecule has 2 rings (SSSR count). The van der Waals surface area contributed by atoms with Crippen LogP contribution in [0.5, 0.6) is 5.75 Å². The molecule has 0 aromatic heterocycles. The monoisotopic (exact) mass is 278 g/mol. The molecule has 0 radical (unpaired) electrons.